The number of hydrogen-bond donors (Lipinski definition) is 2. The van der Waals surface area contributed by atoms with Gasteiger partial charge in [0.1, 0.15) is 11.4 Å². The average molecular weight is 422 g/mol. The van der Waals surface area contributed by atoms with E-state index in [-0.39, 0.29) is 23.0 Å². The maximum Gasteiger partial charge on any atom is 0.258 e. The number of rotatable bonds is 7. The summed E-state index contributed by atoms with van der Waals surface area (Å²) in [6.45, 7) is 1.76. The predicted octanol–water partition coefficient (Wildman–Crippen LogP) is 4.59. The molecule has 2 N–H and O–H groups in total. The number of hydrogen-bond acceptors (Lipinski definition) is 4. The van der Waals surface area contributed by atoms with E-state index in [2.05, 4.69) is 10.6 Å². The van der Waals surface area contributed by atoms with Crippen molar-refractivity contribution in [1.29, 1.82) is 0 Å². The third-order valence-electron chi connectivity index (χ3n) is 4.75. The molecule has 0 fully saturated rings. The number of nitrogens with one attached hydrogen (secondary N) is 2. The molecular weight excluding hydrogens is 399 g/mol. The van der Waals surface area contributed by atoms with Crippen molar-refractivity contribution in [2.75, 3.05) is 19.5 Å². The van der Waals surface area contributed by atoms with Crippen LogP contribution in [0.25, 0.3) is 0 Å². The van der Waals surface area contributed by atoms with Gasteiger partial charge in [-0.15, -0.1) is 0 Å². The highest BCUT2D eigenvalue weighted by molar-refractivity contribution is 6.04. The molecule has 6 nitrogen and oxygen atoms in total. The molecule has 0 spiro atoms. The van der Waals surface area contributed by atoms with Crippen LogP contribution in [0.1, 0.15) is 39.2 Å². The van der Waals surface area contributed by atoms with E-state index in [1.54, 1.807) is 49.4 Å². The van der Waals surface area contributed by atoms with Crippen molar-refractivity contribution in [1.82, 2.24) is 5.32 Å². The molecule has 0 aliphatic rings. The molecule has 0 heterocycles. The first-order valence-electron chi connectivity index (χ1n) is 9.62. The number of carbonyl (C=O) groups is 2. The number of methoxy groups -OCH3 is 2. The average Bonchev–Trinajstić information content (AvgIpc) is 2.79. The van der Waals surface area contributed by atoms with Crippen LogP contribution in [-0.4, -0.2) is 26.0 Å². The summed E-state index contributed by atoms with van der Waals surface area (Å²) >= 11 is 0. The van der Waals surface area contributed by atoms with E-state index in [1.807, 2.05) is 12.1 Å². The zero-order chi connectivity index (χ0) is 22.4. The predicted molar refractivity (Wildman–Crippen MR) is 116 cm³/mol. The number of anilines is 1. The molecule has 7 heteroatoms. The molecule has 0 unspecified atom stereocenters. The fraction of sp³-hybridized carbons (Fsp3) is 0.167. The van der Waals surface area contributed by atoms with E-state index in [0.29, 0.717) is 11.3 Å². The molecule has 0 aliphatic heterocycles. The van der Waals surface area contributed by atoms with Crippen LogP contribution in [0.15, 0.2) is 66.7 Å². The van der Waals surface area contributed by atoms with Crippen LogP contribution in [-0.2, 0) is 0 Å². The molecule has 31 heavy (non-hydrogen) atoms. The third kappa shape index (κ3) is 5.01. The van der Waals surface area contributed by atoms with Crippen LogP contribution in [0.2, 0.25) is 0 Å². The Morgan fingerprint density at radius 1 is 0.903 bits per heavy atom. The first-order chi connectivity index (χ1) is 14.9. The number of carbonyl (C=O) groups excluding carboxylic acids is 2. The molecule has 3 aromatic carbocycles. The Bertz CT molecular complexity index is 1090. The summed E-state index contributed by atoms with van der Waals surface area (Å²) in [4.78, 5) is 25.2. The maximum atomic E-state index is 14.4. The lowest BCUT2D eigenvalue weighted by molar-refractivity contribution is 0.0930. The third-order valence-corrected chi connectivity index (χ3v) is 4.75. The molecular formula is C24H23FN2O4. The van der Waals surface area contributed by atoms with Gasteiger partial charge in [-0.2, -0.15) is 0 Å². The normalized spacial score (nSPS) is 11.4. The highest BCUT2D eigenvalue weighted by atomic mass is 19.1. The van der Waals surface area contributed by atoms with Crippen molar-refractivity contribution < 1.29 is 23.5 Å². The van der Waals surface area contributed by atoms with Crippen LogP contribution in [0, 0.1) is 5.82 Å². The molecule has 160 valence electrons. The summed E-state index contributed by atoms with van der Waals surface area (Å²) in [5.74, 6) is -1.31. The van der Waals surface area contributed by atoms with Crippen molar-refractivity contribution in [3.8, 4) is 11.5 Å². The van der Waals surface area contributed by atoms with Gasteiger partial charge in [-0.1, -0.05) is 30.3 Å². The number of ether oxygens (including phenoxy) is 2. The Balaban J connectivity index is 1.77. The second kappa shape index (κ2) is 9.75. The standard InChI is InChI=1S/C24H23FN2O4/c1-15(26-24(29)21-19(25)12-13-20(30-2)22(21)31-3)17-10-7-11-18(14-17)27-23(28)16-8-5-4-6-9-16/h4-15H,1-3H3,(H,26,29)(H,27,28)/t15-/m1/s1. The fourth-order valence-corrected chi connectivity index (χ4v) is 3.15. The van der Waals surface area contributed by atoms with Crippen LogP contribution < -0.4 is 20.1 Å². The number of amides is 2. The Labute approximate surface area is 180 Å². The van der Waals surface area contributed by atoms with E-state index in [9.17, 15) is 14.0 Å². The second-order valence-electron chi connectivity index (χ2n) is 6.80. The number of halogens is 1. The van der Waals surface area contributed by atoms with Crippen molar-refractivity contribution in [2.24, 2.45) is 0 Å². The molecule has 0 aliphatic carbocycles. The Morgan fingerprint density at radius 2 is 1.65 bits per heavy atom. The monoisotopic (exact) mass is 422 g/mol. The van der Waals surface area contributed by atoms with Gasteiger partial charge in [0.25, 0.3) is 11.8 Å². The van der Waals surface area contributed by atoms with E-state index >= 15 is 0 Å². The second-order valence-corrected chi connectivity index (χ2v) is 6.80. The molecule has 0 radical (unpaired) electrons. The van der Waals surface area contributed by atoms with Crippen LogP contribution in [0.3, 0.4) is 0 Å². The van der Waals surface area contributed by atoms with Crippen molar-refractivity contribution >= 4 is 17.5 Å². The quantitative estimate of drug-likeness (QED) is 0.584. The lowest BCUT2D eigenvalue weighted by atomic mass is 10.1. The summed E-state index contributed by atoms with van der Waals surface area (Å²) in [5, 5.41) is 5.60. The topological polar surface area (TPSA) is 76.7 Å². The van der Waals surface area contributed by atoms with Gasteiger partial charge in [-0.3, -0.25) is 9.59 Å². The molecule has 0 saturated heterocycles. The van der Waals surface area contributed by atoms with E-state index in [4.69, 9.17) is 9.47 Å². The minimum atomic E-state index is -0.716. The first-order valence-corrected chi connectivity index (χ1v) is 9.62. The van der Waals surface area contributed by atoms with Gasteiger partial charge in [0.05, 0.1) is 20.3 Å². The summed E-state index contributed by atoms with van der Waals surface area (Å²) in [6.07, 6.45) is 0. The Kier molecular flexibility index (Phi) is 6.87. The summed E-state index contributed by atoms with van der Waals surface area (Å²) < 4.78 is 24.7. The molecule has 0 bridgehead atoms. The first kappa shape index (κ1) is 21.8. The highest BCUT2D eigenvalue weighted by Crippen LogP contribution is 2.33. The molecule has 0 saturated carbocycles. The van der Waals surface area contributed by atoms with Gasteiger partial charge >= 0.3 is 0 Å². The van der Waals surface area contributed by atoms with Crippen LogP contribution >= 0.6 is 0 Å². The van der Waals surface area contributed by atoms with E-state index in [0.717, 1.165) is 11.6 Å². The van der Waals surface area contributed by atoms with Crippen LogP contribution in [0.4, 0.5) is 10.1 Å². The van der Waals surface area contributed by atoms with E-state index < -0.39 is 17.8 Å². The zero-order valence-corrected chi connectivity index (χ0v) is 17.4. The fourth-order valence-electron chi connectivity index (χ4n) is 3.15. The lowest BCUT2D eigenvalue weighted by Gasteiger charge is -2.18. The molecule has 1 atom stereocenters. The van der Waals surface area contributed by atoms with Gasteiger partial charge in [0.15, 0.2) is 11.5 Å². The van der Waals surface area contributed by atoms with Crippen molar-refractivity contribution in [3.63, 3.8) is 0 Å². The largest absolute Gasteiger partial charge is 0.493 e. The summed E-state index contributed by atoms with van der Waals surface area (Å²) in [5.41, 5.74) is 1.62. The van der Waals surface area contributed by atoms with Gasteiger partial charge in [0, 0.05) is 11.3 Å². The lowest BCUT2D eigenvalue weighted by Crippen LogP contribution is -2.28. The van der Waals surface area contributed by atoms with Gasteiger partial charge < -0.3 is 20.1 Å². The zero-order valence-electron chi connectivity index (χ0n) is 17.4. The van der Waals surface area contributed by atoms with Gasteiger partial charge in [0.2, 0.25) is 0 Å². The maximum absolute atomic E-state index is 14.4. The molecule has 0 aromatic heterocycles. The molecule has 2 amide bonds. The summed E-state index contributed by atoms with van der Waals surface area (Å²) in [6, 6.07) is 18.0. The van der Waals surface area contributed by atoms with Crippen molar-refractivity contribution in [2.45, 2.75) is 13.0 Å². The number of benzene rings is 3. The van der Waals surface area contributed by atoms with Crippen molar-refractivity contribution in [3.05, 3.63) is 89.2 Å². The van der Waals surface area contributed by atoms with E-state index in [1.165, 1.54) is 20.3 Å². The minimum absolute atomic E-state index is 0.0241. The summed E-state index contributed by atoms with van der Waals surface area (Å²) in [7, 11) is 2.76. The smallest absolute Gasteiger partial charge is 0.258 e. The Morgan fingerprint density at radius 3 is 2.32 bits per heavy atom. The van der Waals surface area contributed by atoms with Crippen LogP contribution in [0.5, 0.6) is 11.5 Å². The highest BCUT2D eigenvalue weighted by Gasteiger charge is 2.23. The van der Waals surface area contributed by atoms with Gasteiger partial charge in [-0.05, 0) is 48.9 Å². The minimum Gasteiger partial charge on any atom is -0.493 e. The SMILES string of the molecule is COc1ccc(F)c(C(=O)N[C@H](C)c2cccc(NC(=O)c3ccccc3)c2)c1OC. The van der Waals surface area contributed by atoms with Gasteiger partial charge in [-0.25, -0.2) is 4.39 Å². The molecule has 3 rings (SSSR count). The Hall–Kier alpha value is -3.87. The molecule has 3 aromatic rings.